The summed E-state index contributed by atoms with van der Waals surface area (Å²) in [6, 6.07) is 5.84. The number of anilines is 3. The Morgan fingerprint density at radius 2 is 1.91 bits per heavy atom. The largest absolute Gasteiger partial charge is 0.474 e. The van der Waals surface area contributed by atoms with Crippen molar-refractivity contribution in [1.82, 2.24) is 19.9 Å². The molecule has 11 nitrogen and oxygen atoms in total. The van der Waals surface area contributed by atoms with Crippen LogP contribution in [-0.4, -0.2) is 73.1 Å². The van der Waals surface area contributed by atoms with Crippen molar-refractivity contribution in [3.63, 3.8) is 0 Å². The minimum Gasteiger partial charge on any atom is -0.474 e. The monoisotopic (exact) mass is 499 g/mol. The number of fused-ring (bicyclic) bond motifs is 1. The number of sulfonamides is 1. The van der Waals surface area contributed by atoms with Gasteiger partial charge in [-0.25, -0.2) is 18.4 Å². The van der Waals surface area contributed by atoms with E-state index in [1.807, 2.05) is 12.1 Å². The first kappa shape index (κ1) is 23.5. The normalized spacial score (nSPS) is 21.0. The van der Waals surface area contributed by atoms with E-state index in [4.69, 9.17) is 14.5 Å². The van der Waals surface area contributed by atoms with Crippen LogP contribution in [0.4, 0.5) is 17.3 Å². The van der Waals surface area contributed by atoms with Gasteiger partial charge in [-0.3, -0.25) is 9.71 Å². The van der Waals surface area contributed by atoms with Gasteiger partial charge in [-0.05, 0) is 37.8 Å². The van der Waals surface area contributed by atoms with Crippen LogP contribution in [0.5, 0.6) is 5.88 Å². The first-order chi connectivity index (χ1) is 16.9. The number of nitrogens with zero attached hydrogens (tertiary/aromatic N) is 5. The summed E-state index contributed by atoms with van der Waals surface area (Å²) in [6.07, 6.45) is 9.50. The van der Waals surface area contributed by atoms with Crippen LogP contribution in [0, 0.1) is 0 Å². The molecule has 0 aromatic carbocycles. The van der Waals surface area contributed by atoms with Gasteiger partial charge in [0.2, 0.25) is 15.9 Å². The summed E-state index contributed by atoms with van der Waals surface area (Å²) in [5, 5.41) is 4.14. The summed E-state index contributed by atoms with van der Waals surface area (Å²) in [5.74, 6) is 2.08. The Hall–Kier alpha value is -3.25. The van der Waals surface area contributed by atoms with Gasteiger partial charge in [0.25, 0.3) is 0 Å². The molecule has 1 aliphatic heterocycles. The Kier molecular flexibility index (Phi) is 6.82. The molecule has 2 N–H and O–H groups in total. The molecule has 0 bridgehead atoms. The third-order valence-electron chi connectivity index (χ3n) is 6.16. The van der Waals surface area contributed by atoms with E-state index in [2.05, 4.69) is 29.9 Å². The Morgan fingerprint density at radius 3 is 2.63 bits per heavy atom. The third-order valence-corrected chi connectivity index (χ3v) is 6.76. The van der Waals surface area contributed by atoms with E-state index in [1.54, 1.807) is 12.3 Å². The van der Waals surface area contributed by atoms with Crippen LogP contribution in [-0.2, 0) is 14.8 Å². The summed E-state index contributed by atoms with van der Waals surface area (Å²) in [6.45, 7) is 2.77. The van der Waals surface area contributed by atoms with Crippen LogP contribution >= 0.6 is 0 Å². The highest BCUT2D eigenvalue weighted by atomic mass is 32.2. The lowest BCUT2D eigenvalue weighted by Crippen LogP contribution is -2.37. The van der Waals surface area contributed by atoms with Crippen molar-refractivity contribution in [2.45, 2.75) is 37.8 Å². The molecule has 3 aromatic rings. The van der Waals surface area contributed by atoms with Crippen LogP contribution < -0.4 is 19.7 Å². The zero-order valence-electron chi connectivity index (χ0n) is 19.6. The highest BCUT2D eigenvalue weighted by molar-refractivity contribution is 7.92. The summed E-state index contributed by atoms with van der Waals surface area (Å²) in [5.41, 5.74) is 1.08. The van der Waals surface area contributed by atoms with Crippen LogP contribution in [0.1, 0.15) is 25.7 Å². The van der Waals surface area contributed by atoms with Crippen molar-refractivity contribution in [2.75, 3.05) is 47.5 Å². The number of aromatic nitrogens is 4. The van der Waals surface area contributed by atoms with Crippen LogP contribution in [0.15, 0.2) is 36.9 Å². The molecule has 2 fully saturated rings. The van der Waals surface area contributed by atoms with Gasteiger partial charge in [0.05, 0.1) is 42.3 Å². The zero-order chi connectivity index (χ0) is 24.3. The van der Waals surface area contributed by atoms with E-state index in [0.29, 0.717) is 41.7 Å². The van der Waals surface area contributed by atoms with Crippen molar-refractivity contribution in [3.05, 3.63) is 36.9 Å². The molecule has 4 heterocycles. The molecule has 1 saturated heterocycles. The van der Waals surface area contributed by atoms with Crippen molar-refractivity contribution in [2.24, 2.45) is 0 Å². The smallest absolute Gasteiger partial charge is 0.229 e. The summed E-state index contributed by atoms with van der Waals surface area (Å²) in [4.78, 5) is 19.7. The SMILES string of the molecule is CS(=O)(=O)Nc1cnc2cc(N3CCOCC3)nc(OC3CCC(Nc4ccncn4)CC3)c2c1. The Labute approximate surface area is 204 Å². The molecule has 2 aliphatic rings. The fourth-order valence-corrected chi connectivity index (χ4v) is 5.00. The third kappa shape index (κ3) is 6.06. The van der Waals surface area contributed by atoms with Crippen molar-refractivity contribution >= 4 is 38.2 Å². The Balaban J connectivity index is 1.37. The van der Waals surface area contributed by atoms with Gasteiger partial charge < -0.3 is 19.7 Å². The molecule has 0 spiro atoms. The number of nitrogens with one attached hydrogen (secondary N) is 2. The summed E-state index contributed by atoms with van der Waals surface area (Å²) in [7, 11) is -3.43. The fraction of sp³-hybridized carbons (Fsp3) is 0.478. The average molecular weight is 500 g/mol. The van der Waals surface area contributed by atoms with Crippen molar-refractivity contribution < 1.29 is 17.9 Å². The molecule has 0 atom stereocenters. The number of ether oxygens (including phenoxy) is 2. The van der Waals surface area contributed by atoms with Crippen molar-refractivity contribution in [3.8, 4) is 5.88 Å². The maximum absolute atomic E-state index is 11.7. The van der Waals surface area contributed by atoms with Gasteiger partial charge in [0.1, 0.15) is 24.1 Å². The van der Waals surface area contributed by atoms with Gasteiger partial charge in [-0.1, -0.05) is 0 Å². The molecule has 0 radical (unpaired) electrons. The first-order valence-corrected chi connectivity index (χ1v) is 13.6. The van der Waals surface area contributed by atoms with E-state index in [9.17, 15) is 8.42 Å². The molecule has 3 aromatic heterocycles. The van der Waals surface area contributed by atoms with E-state index in [1.165, 1.54) is 12.5 Å². The lowest BCUT2D eigenvalue weighted by molar-refractivity contribution is 0.122. The minimum atomic E-state index is -3.43. The number of hydrogen-bond donors (Lipinski definition) is 2. The first-order valence-electron chi connectivity index (χ1n) is 11.7. The average Bonchev–Trinajstić information content (AvgIpc) is 2.85. The molecule has 0 amide bonds. The predicted octanol–water partition coefficient (Wildman–Crippen LogP) is 2.43. The van der Waals surface area contributed by atoms with Gasteiger partial charge in [0, 0.05) is 31.4 Å². The Morgan fingerprint density at radius 1 is 1.11 bits per heavy atom. The number of rotatable bonds is 7. The predicted molar refractivity (Wildman–Crippen MR) is 133 cm³/mol. The quantitative estimate of drug-likeness (QED) is 0.499. The summed E-state index contributed by atoms with van der Waals surface area (Å²) < 4.78 is 37.9. The molecule has 5 rings (SSSR count). The van der Waals surface area contributed by atoms with Crippen LogP contribution in [0.25, 0.3) is 10.9 Å². The molecule has 0 unspecified atom stereocenters. The standard InChI is InChI=1S/C23H29N7O4S/c1-35(31,32)29-17-12-19-20(25-14-17)13-22(30-8-10-33-11-9-30)28-23(19)34-18-4-2-16(3-5-18)27-21-6-7-24-15-26-21/h6-7,12-16,18,29H,2-5,8-11H2,1H3,(H,24,26,27). The lowest BCUT2D eigenvalue weighted by Gasteiger charge is -2.31. The van der Waals surface area contributed by atoms with E-state index in [-0.39, 0.29) is 6.10 Å². The topological polar surface area (TPSA) is 131 Å². The van der Waals surface area contributed by atoms with Crippen LogP contribution in [0.3, 0.4) is 0 Å². The van der Waals surface area contributed by atoms with Gasteiger partial charge in [-0.15, -0.1) is 0 Å². The second-order valence-electron chi connectivity index (χ2n) is 8.88. The number of hydrogen-bond acceptors (Lipinski definition) is 10. The van der Waals surface area contributed by atoms with E-state index in [0.717, 1.165) is 56.7 Å². The number of pyridine rings is 2. The Bertz CT molecular complexity index is 1260. The molecule has 1 aliphatic carbocycles. The van der Waals surface area contributed by atoms with Crippen molar-refractivity contribution in [1.29, 1.82) is 0 Å². The van der Waals surface area contributed by atoms with Gasteiger partial charge in [0.15, 0.2) is 0 Å². The second kappa shape index (κ2) is 10.2. The van der Waals surface area contributed by atoms with E-state index >= 15 is 0 Å². The molecule has 186 valence electrons. The lowest BCUT2D eigenvalue weighted by atomic mass is 9.93. The second-order valence-corrected chi connectivity index (χ2v) is 10.6. The molecule has 35 heavy (non-hydrogen) atoms. The maximum atomic E-state index is 11.7. The van der Waals surface area contributed by atoms with Crippen LogP contribution in [0.2, 0.25) is 0 Å². The maximum Gasteiger partial charge on any atom is 0.229 e. The highest BCUT2D eigenvalue weighted by Crippen LogP contribution is 2.33. The minimum absolute atomic E-state index is 0.000566. The van der Waals surface area contributed by atoms with E-state index < -0.39 is 10.0 Å². The van der Waals surface area contributed by atoms with Gasteiger partial charge >= 0.3 is 0 Å². The zero-order valence-corrected chi connectivity index (χ0v) is 20.4. The molecule has 12 heteroatoms. The fourth-order valence-electron chi connectivity index (χ4n) is 4.46. The molecular weight excluding hydrogens is 470 g/mol. The molecule has 1 saturated carbocycles. The summed E-state index contributed by atoms with van der Waals surface area (Å²) >= 11 is 0. The molecular formula is C23H29N7O4S. The number of morpholine rings is 1. The van der Waals surface area contributed by atoms with Gasteiger partial charge in [-0.2, -0.15) is 4.98 Å². The highest BCUT2D eigenvalue weighted by Gasteiger charge is 2.25.